The van der Waals surface area contributed by atoms with Gasteiger partial charge in [-0.1, -0.05) is 0 Å². The smallest absolute Gasteiger partial charge is 0.331 e. The number of carbonyl (C=O) groups excluding carboxylic acids is 3. The molecule has 150 valence electrons. The lowest BCUT2D eigenvalue weighted by atomic mass is 10.2. The number of nitrogens with one attached hydrogen (secondary N) is 2. The quantitative estimate of drug-likeness (QED) is 0.320. The van der Waals surface area contributed by atoms with Crippen LogP contribution in [0, 0.1) is 10.1 Å². The zero-order valence-corrected chi connectivity index (χ0v) is 15.7. The molecule has 0 radical (unpaired) electrons. The van der Waals surface area contributed by atoms with Crippen molar-refractivity contribution in [3.63, 3.8) is 0 Å². The summed E-state index contributed by atoms with van der Waals surface area (Å²) >= 11 is 0. The van der Waals surface area contributed by atoms with Crippen molar-refractivity contribution in [3.8, 4) is 0 Å². The highest BCUT2D eigenvalue weighted by Crippen LogP contribution is 2.15. The van der Waals surface area contributed by atoms with Gasteiger partial charge >= 0.3 is 5.97 Å². The second-order valence-corrected chi connectivity index (χ2v) is 6.01. The third-order valence-electron chi connectivity index (χ3n) is 3.65. The van der Waals surface area contributed by atoms with Crippen molar-refractivity contribution in [2.24, 2.45) is 0 Å². The summed E-state index contributed by atoms with van der Waals surface area (Å²) in [4.78, 5) is 45.1. The van der Waals surface area contributed by atoms with E-state index in [-0.39, 0.29) is 11.6 Å². The van der Waals surface area contributed by atoms with Gasteiger partial charge in [0.1, 0.15) is 0 Å². The summed E-state index contributed by atoms with van der Waals surface area (Å²) in [5.74, 6) is -1.45. The van der Waals surface area contributed by atoms with Crippen molar-refractivity contribution >= 4 is 40.9 Å². The van der Waals surface area contributed by atoms with Crippen molar-refractivity contribution in [1.82, 2.24) is 0 Å². The first-order chi connectivity index (χ1) is 13.7. The molecule has 0 fully saturated rings. The molecule has 0 saturated carbocycles. The van der Waals surface area contributed by atoms with Crippen molar-refractivity contribution in [2.45, 2.75) is 20.0 Å². The van der Waals surface area contributed by atoms with Crippen molar-refractivity contribution in [2.75, 3.05) is 10.6 Å². The van der Waals surface area contributed by atoms with Gasteiger partial charge in [-0.3, -0.25) is 19.7 Å². The highest BCUT2D eigenvalue weighted by Gasteiger charge is 2.16. The topological polar surface area (TPSA) is 128 Å². The molecule has 29 heavy (non-hydrogen) atoms. The van der Waals surface area contributed by atoms with E-state index in [0.29, 0.717) is 16.9 Å². The molecule has 0 bridgehead atoms. The van der Waals surface area contributed by atoms with E-state index in [0.717, 1.165) is 6.08 Å². The largest absolute Gasteiger partial charge is 0.449 e. The average Bonchev–Trinajstić information content (AvgIpc) is 2.67. The third kappa shape index (κ3) is 6.90. The molecule has 2 aromatic carbocycles. The molecule has 2 rings (SSSR count). The molecule has 0 unspecified atom stereocenters. The van der Waals surface area contributed by atoms with Crippen LogP contribution in [0.4, 0.5) is 17.1 Å². The van der Waals surface area contributed by atoms with Crippen LogP contribution in [0.5, 0.6) is 0 Å². The van der Waals surface area contributed by atoms with Gasteiger partial charge in [0.15, 0.2) is 6.10 Å². The second-order valence-electron chi connectivity index (χ2n) is 6.01. The summed E-state index contributed by atoms with van der Waals surface area (Å²) in [5, 5.41) is 15.8. The second kappa shape index (κ2) is 9.79. The summed E-state index contributed by atoms with van der Waals surface area (Å²) in [6.07, 6.45) is 1.52. The number of esters is 1. The predicted octanol–water partition coefficient (Wildman–Crippen LogP) is 3.14. The molecule has 2 N–H and O–H groups in total. The van der Waals surface area contributed by atoms with E-state index in [2.05, 4.69) is 10.6 Å². The van der Waals surface area contributed by atoms with Crippen LogP contribution < -0.4 is 10.6 Å². The molecule has 0 spiro atoms. The van der Waals surface area contributed by atoms with Crippen LogP contribution in [-0.4, -0.2) is 28.8 Å². The number of nitro benzene ring substituents is 1. The standard InChI is InChI=1S/C20H19N3O6/c1-13(20(26)22-17-8-6-16(7-9-17)21-14(2)24)29-19(25)12-5-15-3-10-18(11-4-15)23(27)28/h3-13H,1-2H3,(H,21,24)(H,22,26)/b12-5+/t13-/m0/s1. The highest BCUT2D eigenvalue weighted by atomic mass is 16.6. The van der Waals surface area contributed by atoms with Gasteiger partial charge in [-0.15, -0.1) is 0 Å². The van der Waals surface area contributed by atoms with Gasteiger partial charge in [0.05, 0.1) is 4.92 Å². The summed E-state index contributed by atoms with van der Waals surface area (Å²) in [7, 11) is 0. The number of nitrogens with zero attached hydrogens (tertiary/aromatic N) is 1. The molecular weight excluding hydrogens is 378 g/mol. The summed E-state index contributed by atoms with van der Waals surface area (Å²) in [6.45, 7) is 2.82. The molecule has 9 nitrogen and oxygen atoms in total. The number of ether oxygens (including phenoxy) is 1. The number of amides is 2. The Hall–Kier alpha value is -4.01. The first kappa shape index (κ1) is 21.3. The molecule has 0 aliphatic carbocycles. The molecule has 0 saturated heterocycles. The molecule has 2 aromatic rings. The van der Waals surface area contributed by atoms with Gasteiger partial charge in [-0.05, 0) is 55.0 Å². The molecule has 0 aromatic heterocycles. The van der Waals surface area contributed by atoms with Gasteiger partial charge in [0.25, 0.3) is 11.6 Å². The first-order valence-electron chi connectivity index (χ1n) is 8.56. The Labute approximate surface area is 166 Å². The number of carbonyl (C=O) groups is 3. The summed E-state index contributed by atoms with van der Waals surface area (Å²) < 4.78 is 5.04. The van der Waals surface area contributed by atoms with Crippen molar-refractivity contribution in [1.29, 1.82) is 0 Å². The average molecular weight is 397 g/mol. The Morgan fingerprint density at radius 2 is 1.55 bits per heavy atom. The SMILES string of the molecule is CC(=O)Nc1ccc(NC(=O)[C@H](C)OC(=O)/C=C/c2ccc([N+](=O)[O-])cc2)cc1. The number of rotatable bonds is 7. The molecule has 1 atom stereocenters. The number of nitro groups is 1. The molecule has 0 heterocycles. The van der Waals surface area contributed by atoms with Gasteiger partial charge in [-0.25, -0.2) is 4.79 Å². The number of hydrogen-bond donors (Lipinski definition) is 2. The minimum absolute atomic E-state index is 0.0554. The fraction of sp³-hybridized carbons (Fsp3) is 0.150. The maximum Gasteiger partial charge on any atom is 0.331 e. The molecule has 0 aliphatic heterocycles. The van der Waals surface area contributed by atoms with Gasteiger partial charge < -0.3 is 15.4 Å². The normalized spacial score (nSPS) is 11.5. The molecule has 2 amide bonds. The Morgan fingerprint density at radius 3 is 2.07 bits per heavy atom. The van der Waals surface area contributed by atoms with E-state index in [1.807, 2.05) is 0 Å². The van der Waals surface area contributed by atoms with E-state index >= 15 is 0 Å². The van der Waals surface area contributed by atoms with Crippen LogP contribution in [0.15, 0.2) is 54.6 Å². The van der Waals surface area contributed by atoms with E-state index in [9.17, 15) is 24.5 Å². The van der Waals surface area contributed by atoms with Crippen LogP contribution in [0.25, 0.3) is 6.08 Å². The number of hydrogen-bond acceptors (Lipinski definition) is 6. The molecule has 0 aliphatic rings. The lowest BCUT2D eigenvalue weighted by Crippen LogP contribution is -2.29. The van der Waals surface area contributed by atoms with Crippen LogP contribution >= 0.6 is 0 Å². The fourth-order valence-corrected chi connectivity index (χ4v) is 2.22. The molecular formula is C20H19N3O6. The zero-order valence-electron chi connectivity index (χ0n) is 15.7. The van der Waals surface area contributed by atoms with E-state index in [1.165, 1.54) is 44.2 Å². The van der Waals surface area contributed by atoms with Gasteiger partial charge in [0, 0.05) is 36.5 Å². The Bertz CT molecular complexity index is 936. The number of non-ortho nitro benzene ring substituents is 1. The first-order valence-corrected chi connectivity index (χ1v) is 8.56. The van der Waals surface area contributed by atoms with E-state index in [4.69, 9.17) is 4.74 Å². The monoisotopic (exact) mass is 397 g/mol. The van der Waals surface area contributed by atoms with Gasteiger partial charge in [0.2, 0.25) is 5.91 Å². The number of benzene rings is 2. The fourth-order valence-electron chi connectivity index (χ4n) is 2.22. The Balaban J connectivity index is 1.87. The Morgan fingerprint density at radius 1 is 1.00 bits per heavy atom. The number of anilines is 2. The lowest BCUT2D eigenvalue weighted by Gasteiger charge is -2.12. The van der Waals surface area contributed by atoms with E-state index < -0.39 is 22.9 Å². The highest BCUT2D eigenvalue weighted by molar-refractivity contribution is 5.97. The minimum Gasteiger partial charge on any atom is -0.449 e. The summed E-state index contributed by atoms with van der Waals surface area (Å²) in [5.41, 5.74) is 1.59. The maximum absolute atomic E-state index is 12.1. The van der Waals surface area contributed by atoms with Crippen molar-refractivity contribution < 1.29 is 24.0 Å². The van der Waals surface area contributed by atoms with Crippen LogP contribution in [0.1, 0.15) is 19.4 Å². The molecule has 9 heteroatoms. The maximum atomic E-state index is 12.1. The van der Waals surface area contributed by atoms with Crippen LogP contribution in [0.3, 0.4) is 0 Å². The van der Waals surface area contributed by atoms with Crippen LogP contribution in [-0.2, 0) is 19.1 Å². The summed E-state index contributed by atoms with van der Waals surface area (Å²) in [6, 6.07) is 12.1. The van der Waals surface area contributed by atoms with Crippen molar-refractivity contribution in [3.05, 3.63) is 70.3 Å². The lowest BCUT2D eigenvalue weighted by molar-refractivity contribution is -0.384. The van der Waals surface area contributed by atoms with Crippen LogP contribution in [0.2, 0.25) is 0 Å². The zero-order chi connectivity index (χ0) is 21.4. The van der Waals surface area contributed by atoms with E-state index in [1.54, 1.807) is 24.3 Å². The minimum atomic E-state index is -1.04. The third-order valence-corrected chi connectivity index (χ3v) is 3.65. The van der Waals surface area contributed by atoms with Gasteiger partial charge in [-0.2, -0.15) is 0 Å². The predicted molar refractivity (Wildman–Crippen MR) is 107 cm³/mol. The Kier molecular flexibility index (Phi) is 7.19.